The Bertz CT molecular complexity index is 1130. The molecule has 0 unspecified atom stereocenters. The Hall–Kier alpha value is -2.58. The van der Waals surface area contributed by atoms with Crippen LogP contribution < -0.4 is 20.3 Å². The van der Waals surface area contributed by atoms with Gasteiger partial charge in [-0.05, 0) is 68.0 Å². The fraction of sp³-hybridized carbons (Fsp3) is 0.250. The smallest absolute Gasteiger partial charge is 0.276 e. The van der Waals surface area contributed by atoms with E-state index in [-0.39, 0.29) is 18.6 Å². The minimum Gasteiger partial charge on any atom is -0.484 e. The number of hydrazine groups is 1. The monoisotopic (exact) mass is 562 g/mol. The maximum Gasteiger partial charge on any atom is 0.276 e. The minimum atomic E-state index is -0.490. The molecule has 0 aliphatic carbocycles. The Labute approximate surface area is 203 Å². The van der Waals surface area contributed by atoms with E-state index in [1.165, 1.54) is 5.56 Å². The highest BCUT2D eigenvalue weighted by molar-refractivity contribution is 9.11. The highest BCUT2D eigenvalue weighted by Crippen LogP contribution is 2.34. The van der Waals surface area contributed by atoms with Crippen LogP contribution in [0.25, 0.3) is 10.8 Å². The quantitative estimate of drug-likeness (QED) is 0.401. The van der Waals surface area contributed by atoms with Crippen LogP contribution in [0.4, 0.5) is 0 Å². The summed E-state index contributed by atoms with van der Waals surface area (Å²) in [7, 11) is 0. The number of hydrogen-bond acceptors (Lipinski definition) is 4. The number of hydrogen-bond donors (Lipinski definition) is 2. The van der Waals surface area contributed by atoms with Gasteiger partial charge in [0.05, 0.1) is 4.47 Å². The molecule has 0 radical (unpaired) electrons. The number of fused-ring (bicyclic) bond motifs is 1. The summed E-state index contributed by atoms with van der Waals surface area (Å²) in [6.45, 7) is 5.90. The molecular weight excluding hydrogens is 540 g/mol. The van der Waals surface area contributed by atoms with Crippen LogP contribution >= 0.6 is 31.9 Å². The van der Waals surface area contributed by atoms with E-state index < -0.39 is 11.8 Å². The largest absolute Gasteiger partial charge is 0.484 e. The zero-order chi connectivity index (χ0) is 23.3. The molecule has 168 valence electrons. The minimum absolute atomic E-state index is 0.0435. The van der Waals surface area contributed by atoms with Crippen LogP contribution in [0.2, 0.25) is 0 Å². The number of carbonyl (C=O) groups excluding carboxylic acids is 2. The normalized spacial score (nSPS) is 11.2. The first-order valence-electron chi connectivity index (χ1n) is 9.95. The summed E-state index contributed by atoms with van der Waals surface area (Å²) in [5, 5.41) is 2.00. The van der Waals surface area contributed by atoms with Crippen molar-refractivity contribution in [2.45, 2.75) is 26.2 Å². The highest BCUT2D eigenvalue weighted by atomic mass is 79.9. The second-order valence-electron chi connectivity index (χ2n) is 8.19. The number of benzene rings is 3. The van der Waals surface area contributed by atoms with Crippen molar-refractivity contribution in [3.63, 3.8) is 0 Å². The summed E-state index contributed by atoms with van der Waals surface area (Å²) in [5.41, 5.74) is 5.85. The van der Waals surface area contributed by atoms with Crippen molar-refractivity contribution in [2.75, 3.05) is 13.2 Å². The molecule has 2 N–H and O–H groups in total. The van der Waals surface area contributed by atoms with Crippen molar-refractivity contribution < 1.29 is 19.1 Å². The molecule has 0 aromatic heterocycles. The Balaban J connectivity index is 1.44. The lowest BCUT2D eigenvalue weighted by molar-refractivity contribution is -0.131. The first-order valence-corrected chi connectivity index (χ1v) is 11.5. The lowest BCUT2D eigenvalue weighted by Crippen LogP contribution is -2.45. The molecule has 0 spiro atoms. The molecule has 0 bridgehead atoms. The van der Waals surface area contributed by atoms with E-state index in [4.69, 9.17) is 9.47 Å². The summed E-state index contributed by atoms with van der Waals surface area (Å²) in [5.74, 6) is 0.144. The molecule has 6 nitrogen and oxygen atoms in total. The van der Waals surface area contributed by atoms with Crippen LogP contribution in [0, 0.1) is 0 Å². The van der Waals surface area contributed by atoms with Crippen molar-refractivity contribution in [2.24, 2.45) is 0 Å². The summed E-state index contributed by atoms with van der Waals surface area (Å²) in [6, 6.07) is 17.1. The second kappa shape index (κ2) is 10.4. The summed E-state index contributed by atoms with van der Waals surface area (Å²) in [4.78, 5) is 24.0. The summed E-state index contributed by atoms with van der Waals surface area (Å²) < 4.78 is 12.8. The van der Waals surface area contributed by atoms with Gasteiger partial charge in [-0.25, -0.2) is 0 Å². The first-order chi connectivity index (χ1) is 15.1. The van der Waals surface area contributed by atoms with Crippen molar-refractivity contribution >= 4 is 54.4 Å². The van der Waals surface area contributed by atoms with Gasteiger partial charge >= 0.3 is 0 Å². The van der Waals surface area contributed by atoms with Crippen LogP contribution in [0.3, 0.4) is 0 Å². The van der Waals surface area contributed by atoms with Crippen molar-refractivity contribution in [3.8, 4) is 11.5 Å². The molecule has 32 heavy (non-hydrogen) atoms. The number of rotatable bonds is 6. The van der Waals surface area contributed by atoms with Gasteiger partial charge in [-0.2, -0.15) is 0 Å². The molecule has 3 aromatic rings. The van der Waals surface area contributed by atoms with Gasteiger partial charge in [0.15, 0.2) is 13.2 Å². The van der Waals surface area contributed by atoms with Crippen LogP contribution in [0.5, 0.6) is 11.5 Å². The van der Waals surface area contributed by atoms with Crippen LogP contribution in [0.1, 0.15) is 26.3 Å². The van der Waals surface area contributed by atoms with Crippen molar-refractivity contribution in [3.05, 3.63) is 69.1 Å². The zero-order valence-electron chi connectivity index (χ0n) is 18.0. The summed E-state index contributed by atoms with van der Waals surface area (Å²) in [6.07, 6.45) is 0. The van der Waals surface area contributed by atoms with Crippen LogP contribution in [-0.4, -0.2) is 25.0 Å². The van der Waals surface area contributed by atoms with Gasteiger partial charge in [-0.1, -0.05) is 61.0 Å². The molecule has 0 atom stereocenters. The third-order valence-electron chi connectivity index (χ3n) is 4.67. The number of carbonyl (C=O) groups is 2. The topological polar surface area (TPSA) is 76.7 Å². The van der Waals surface area contributed by atoms with Crippen molar-refractivity contribution in [1.82, 2.24) is 10.9 Å². The Morgan fingerprint density at radius 2 is 1.47 bits per heavy atom. The molecule has 0 saturated heterocycles. The average Bonchev–Trinajstić information content (AvgIpc) is 2.75. The van der Waals surface area contributed by atoms with Gasteiger partial charge in [0, 0.05) is 4.47 Å². The predicted octanol–water partition coefficient (Wildman–Crippen LogP) is 5.27. The third-order valence-corrected chi connectivity index (χ3v) is 5.98. The Morgan fingerprint density at radius 3 is 2.09 bits per heavy atom. The fourth-order valence-corrected chi connectivity index (χ4v) is 3.90. The lowest BCUT2D eigenvalue weighted by atomic mass is 9.87. The molecule has 0 aliphatic rings. The summed E-state index contributed by atoms with van der Waals surface area (Å²) >= 11 is 6.96. The third kappa shape index (κ3) is 6.46. The molecular formula is C24H24Br2N2O4. The zero-order valence-corrected chi connectivity index (χ0v) is 21.2. The maximum absolute atomic E-state index is 12.0. The van der Waals surface area contributed by atoms with Gasteiger partial charge in [-0.15, -0.1) is 0 Å². The average molecular weight is 564 g/mol. The van der Waals surface area contributed by atoms with Gasteiger partial charge < -0.3 is 9.47 Å². The molecule has 8 heteroatoms. The highest BCUT2D eigenvalue weighted by Gasteiger charge is 2.14. The fourth-order valence-electron chi connectivity index (χ4n) is 2.91. The number of nitrogens with one attached hydrogen (secondary N) is 2. The Morgan fingerprint density at radius 1 is 0.844 bits per heavy atom. The van der Waals surface area contributed by atoms with E-state index in [1.54, 1.807) is 6.07 Å². The van der Waals surface area contributed by atoms with Gasteiger partial charge in [0.2, 0.25) is 0 Å². The molecule has 0 saturated carbocycles. The Kier molecular flexibility index (Phi) is 7.79. The van der Waals surface area contributed by atoms with Crippen LogP contribution in [0.15, 0.2) is 63.5 Å². The molecule has 0 heterocycles. The number of ether oxygens (including phenoxy) is 2. The molecule has 0 fully saturated rings. The lowest BCUT2D eigenvalue weighted by Gasteiger charge is -2.19. The number of halogens is 2. The first kappa shape index (κ1) is 24.1. The van der Waals surface area contributed by atoms with Gasteiger partial charge in [-0.3, -0.25) is 20.4 Å². The predicted molar refractivity (Wildman–Crippen MR) is 132 cm³/mol. The van der Waals surface area contributed by atoms with Gasteiger partial charge in [0.1, 0.15) is 11.5 Å². The van der Waals surface area contributed by atoms with E-state index in [9.17, 15) is 9.59 Å². The molecule has 3 rings (SSSR count). The van der Waals surface area contributed by atoms with Crippen LogP contribution in [-0.2, 0) is 15.0 Å². The van der Waals surface area contributed by atoms with Gasteiger partial charge in [0.25, 0.3) is 11.8 Å². The van der Waals surface area contributed by atoms with E-state index >= 15 is 0 Å². The molecule has 0 aliphatic heterocycles. The van der Waals surface area contributed by atoms with E-state index in [2.05, 4.69) is 63.5 Å². The number of amides is 2. The van der Waals surface area contributed by atoms with Crippen molar-refractivity contribution in [1.29, 1.82) is 0 Å². The van der Waals surface area contributed by atoms with E-state index in [1.807, 2.05) is 48.5 Å². The standard InChI is InChI=1S/C24H24Br2N2O4/c1-24(2,3)16-5-8-18(9-6-16)31-13-21(29)27-28-22(30)14-32-20-11-4-15-12-17(25)7-10-19(15)23(20)26/h4-12H,13-14H2,1-3H3,(H,27,29)(H,28,30). The molecule has 2 amide bonds. The molecule has 3 aromatic carbocycles. The van der Waals surface area contributed by atoms with E-state index in [0.717, 1.165) is 19.7 Å². The van der Waals surface area contributed by atoms with E-state index in [0.29, 0.717) is 11.5 Å². The second-order valence-corrected chi connectivity index (χ2v) is 9.90. The maximum atomic E-state index is 12.0. The SMILES string of the molecule is CC(C)(C)c1ccc(OCC(=O)NNC(=O)COc2ccc3cc(Br)ccc3c2Br)cc1.